The van der Waals surface area contributed by atoms with Gasteiger partial charge in [-0.05, 0) is 54.2 Å². The lowest BCUT2D eigenvalue weighted by molar-refractivity contribution is 0.244. The highest BCUT2D eigenvalue weighted by Gasteiger charge is 2.42. The van der Waals surface area contributed by atoms with Gasteiger partial charge < -0.3 is 9.47 Å². The van der Waals surface area contributed by atoms with E-state index in [4.69, 9.17) is 14.5 Å². The number of methoxy groups -OCH3 is 2. The summed E-state index contributed by atoms with van der Waals surface area (Å²) in [5, 5.41) is 5.71. The second-order valence-electron chi connectivity index (χ2n) is 9.74. The van der Waals surface area contributed by atoms with E-state index in [1.54, 1.807) is 14.2 Å². The van der Waals surface area contributed by atoms with E-state index < -0.39 is 5.66 Å². The lowest BCUT2D eigenvalue weighted by Gasteiger charge is -2.31. The maximum atomic E-state index is 5.58. The molecule has 0 fully saturated rings. The predicted molar refractivity (Wildman–Crippen MR) is 134 cm³/mol. The highest BCUT2D eigenvalue weighted by molar-refractivity contribution is 5.95. The molecule has 33 heavy (non-hydrogen) atoms. The number of rotatable bonds is 6. The van der Waals surface area contributed by atoms with Gasteiger partial charge in [-0.1, -0.05) is 51.1 Å². The molecule has 0 saturated carbocycles. The third-order valence-electron chi connectivity index (χ3n) is 6.18. The lowest BCUT2D eigenvalue weighted by Crippen LogP contribution is -2.54. The second-order valence-corrected chi connectivity index (χ2v) is 9.74. The minimum Gasteiger partial charge on any atom is -0.493 e. The van der Waals surface area contributed by atoms with E-state index in [0.717, 1.165) is 22.7 Å². The quantitative estimate of drug-likeness (QED) is 0.655. The van der Waals surface area contributed by atoms with Gasteiger partial charge in [0.1, 0.15) is 5.66 Å². The smallest absolute Gasteiger partial charge is 0.161 e. The number of hydrogen-bond acceptors (Lipinski definition) is 6. The summed E-state index contributed by atoms with van der Waals surface area (Å²) in [4.78, 5) is 4.85. The molecule has 1 atom stereocenters. The number of fused-ring (bicyclic) bond motifs is 1. The van der Waals surface area contributed by atoms with Crippen LogP contribution in [-0.2, 0) is 12.0 Å². The van der Waals surface area contributed by atoms with Crippen LogP contribution in [0.3, 0.4) is 0 Å². The first kappa shape index (κ1) is 23.1. The maximum absolute atomic E-state index is 5.58. The average Bonchev–Trinajstić information content (AvgIpc) is 3.08. The molecule has 0 saturated heterocycles. The first-order valence-electron chi connectivity index (χ1n) is 11.3. The van der Waals surface area contributed by atoms with Crippen molar-refractivity contribution >= 4 is 11.3 Å². The lowest BCUT2D eigenvalue weighted by atomic mass is 9.86. The molecule has 2 N–H and O–H groups in total. The van der Waals surface area contributed by atoms with Gasteiger partial charge in [-0.25, -0.2) is 10.4 Å². The van der Waals surface area contributed by atoms with Crippen LogP contribution in [0.25, 0.3) is 5.57 Å². The fourth-order valence-corrected chi connectivity index (χ4v) is 4.24. The highest BCUT2D eigenvalue weighted by Crippen LogP contribution is 2.40. The van der Waals surface area contributed by atoms with Crippen LogP contribution < -0.4 is 20.2 Å². The van der Waals surface area contributed by atoms with E-state index in [1.807, 2.05) is 36.3 Å². The molecule has 2 aliphatic heterocycles. The highest BCUT2D eigenvalue weighted by atomic mass is 16.5. The van der Waals surface area contributed by atoms with Gasteiger partial charge in [-0.15, -0.1) is 0 Å². The molecular weight excluding hydrogens is 412 g/mol. The van der Waals surface area contributed by atoms with Gasteiger partial charge in [0.2, 0.25) is 0 Å². The Morgan fingerprint density at radius 1 is 1.03 bits per heavy atom. The standard InChI is InChI=1S/C27H34N4O2/c1-18-14-15-31-25(29-18)24(20-10-13-22(32-6)23(16-20)33-7)27(5,30-31)28-17-19-8-11-21(12-9-19)26(2,3)4/h8-16,28,30H,17H2,1-7H3. The number of benzene rings is 2. The largest absolute Gasteiger partial charge is 0.493 e. The van der Waals surface area contributed by atoms with Crippen LogP contribution in [0.4, 0.5) is 0 Å². The third kappa shape index (κ3) is 4.54. The van der Waals surface area contributed by atoms with Crippen molar-refractivity contribution in [3.8, 4) is 11.5 Å². The van der Waals surface area contributed by atoms with Crippen molar-refractivity contribution in [2.75, 3.05) is 14.2 Å². The molecule has 0 aromatic heterocycles. The number of hydrogen-bond donors (Lipinski definition) is 2. The summed E-state index contributed by atoms with van der Waals surface area (Å²) in [6, 6.07) is 14.8. The summed E-state index contributed by atoms with van der Waals surface area (Å²) in [6.07, 6.45) is 4.02. The summed E-state index contributed by atoms with van der Waals surface area (Å²) in [5.41, 5.74) is 8.77. The van der Waals surface area contributed by atoms with Gasteiger partial charge in [-0.3, -0.25) is 10.3 Å². The minimum absolute atomic E-state index is 0.140. The molecule has 0 radical (unpaired) electrons. The molecule has 4 rings (SSSR count). The van der Waals surface area contributed by atoms with Gasteiger partial charge in [-0.2, -0.15) is 0 Å². The SMILES string of the molecule is COc1ccc(C2=C3N=C(C)C=CN3NC2(C)NCc2ccc(C(C)(C)C)cc2)cc1OC. The number of ether oxygens (including phenoxy) is 2. The number of nitrogens with one attached hydrogen (secondary N) is 2. The molecule has 2 aromatic rings. The van der Waals surface area contributed by atoms with E-state index >= 15 is 0 Å². The van der Waals surface area contributed by atoms with Crippen LogP contribution in [0.2, 0.25) is 0 Å². The molecule has 0 spiro atoms. The molecule has 2 aliphatic rings. The first-order valence-corrected chi connectivity index (χ1v) is 11.3. The van der Waals surface area contributed by atoms with Crippen LogP contribution in [0.15, 0.2) is 65.6 Å². The van der Waals surface area contributed by atoms with E-state index in [-0.39, 0.29) is 5.41 Å². The van der Waals surface area contributed by atoms with Crippen LogP contribution in [0, 0.1) is 0 Å². The van der Waals surface area contributed by atoms with Gasteiger partial charge in [0.15, 0.2) is 17.3 Å². The molecule has 1 unspecified atom stereocenters. The van der Waals surface area contributed by atoms with Gasteiger partial charge in [0, 0.05) is 24.0 Å². The second kappa shape index (κ2) is 8.69. The Labute approximate surface area is 197 Å². The fourth-order valence-electron chi connectivity index (χ4n) is 4.24. The summed E-state index contributed by atoms with van der Waals surface area (Å²) >= 11 is 0. The molecule has 2 aromatic carbocycles. The van der Waals surface area contributed by atoms with Crippen LogP contribution in [-0.4, -0.2) is 30.6 Å². The number of nitrogens with zero attached hydrogens (tertiary/aromatic N) is 2. The number of allylic oxidation sites excluding steroid dienone is 1. The Bertz CT molecular complexity index is 1130. The molecule has 0 amide bonds. The first-order chi connectivity index (χ1) is 15.6. The van der Waals surface area contributed by atoms with Crippen molar-refractivity contribution in [2.45, 2.75) is 52.2 Å². The molecule has 6 heteroatoms. The van der Waals surface area contributed by atoms with E-state index in [9.17, 15) is 0 Å². The Hall–Kier alpha value is -3.09. The fraction of sp³-hybridized carbons (Fsp3) is 0.370. The van der Waals surface area contributed by atoms with E-state index in [1.165, 1.54) is 11.1 Å². The van der Waals surface area contributed by atoms with Gasteiger partial charge in [0.25, 0.3) is 0 Å². The summed E-state index contributed by atoms with van der Waals surface area (Å²) in [7, 11) is 3.30. The summed E-state index contributed by atoms with van der Waals surface area (Å²) in [6.45, 7) is 11.6. The number of aliphatic imine (C=N–C) groups is 1. The van der Waals surface area contributed by atoms with Crippen LogP contribution in [0.1, 0.15) is 51.3 Å². The predicted octanol–water partition coefficient (Wildman–Crippen LogP) is 4.98. The van der Waals surface area contributed by atoms with Crippen molar-refractivity contribution in [2.24, 2.45) is 4.99 Å². The zero-order valence-corrected chi connectivity index (χ0v) is 20.6. The maximum Gasteiger partial charge on any atom is 0.161 e. The topological polar surface area (TPSA) is 58.1 Å². The Morgan fingerprint density at radius 3 is 2.36 bits per heavy atom. The molecule has 2 heterocycles. The third-order valence-corrected chi connectivity index (χ3v) is 6.18. The van der Waals surface area contributed by atoms with E-state index in [0.29, 0.717) is 18.0 Å². The minimum atomic E-state index is -0.546. The monoisotopic (exact) mass is 446 g/mol. The Balaban J connectivity index is 1.69. The molecule has 0 bridgehead atoms. The van der Waals surface area contributed by atoms with Crippen LogP contribution in [0.5, 0.6) is 11.5 Å². The Morgan fingerprint density at radius 2 is 1.73 bits per heavy atom. The zero-order valence-electron chi connectivity index (χ0n) is 20.6. The van der Waals surface area contributed by atoms with Crippen molar-refractivity contribution in [1.29, 1.82) is 0 Å². The molecular formula is C27H34N4O2. The molecule has 0 aliphatic carbocycles. The average molecular weight is 447 g/mol. The normalized spacial score (nSPS) is 20.1. The van der Waals surface area contributed by atoms with Crippen molar-refractivity contribution in [3.63, 3.8) is 0 Å². The number of hydrazine groups is 1. The zero-order chi connectivity index (χ0) is 23.8. The van der Waals surface area contributed by atoms with E-state index in [2.05, 4.69) is 68.8 Å². The Kier molecular flexibility index (Phi) is 6.08. The van der Waals surface area contributed by atoms with Crippen molar-refractivity contribution in [3.05, 3.63) is 77.3 Å². The molecule has 174 valence electrons. The van der Waals surface area contributed by atoms with Crippen molar-refractivity contribution < 1.29 is 9.47 Å². The van der Waals surface area contributed by atoms with Gasteiger partial charge in [0.05, 0.1) is 14.2 Å². The molecule has 6 nitrogen and oxygen atoms in total. The van der Waals surface area contributed by atoms with Gasteiger partial charge >= 0.3 is 0 Å². The van der Waals surface area contributed by atoms with Crippen LogP contribution >= 0.6 is 0 Å². The summed E-state index contributed by atoms with van der Waals surface area (Å²) < 4.78 is 11.0. The van der Waals surface area contributed by atoms with Crippen molar-refractivity contribution in [1.82, 2.24) is 15.8 Å². The summed E-state index contributed by atoms with van der Waals surface area (Å²) in [5.74, 6) is 2.26.